The monoisotopic (exact) mass is 483 g/mol. The normalized spacial score (nSPS) is 11.9. The van der Waals surface area contributed by atoms with Crippen LogP contribution in [0.2, 0.25) is 0 Å². The smallest absolute Gasteiger partial charge is 0.262 e. The Morgan fingerprint density at radius 2 is 1.76 bits per heavy atom. The first-order valence-electron chi connectivity index (χ1n) is 11.6. The van der Waals surface area contributed by atoms with Crippen LogP contribution >= 0.6 is 11.8 Å². The lowest BCUT2D eigenvalue weighted by Gasteiger charge is -2.24. The van der Waals surface area contributed by atoms with E-state index in [0.717, 1.165) is 5.56 Å². The lowest BCUT2D eigenvalue weighted by Crippen LogP contribution is -2.37. The van der Waals surface area contributed by atoms with Gasteiger partial charge < -0.3 is 14.4 Å². The van der Waals surface area contributed by atoms with E-state index in [1.54, 1.807) is 24.9 Å². The first-order chi connectivity index (χ1) is 16.5. The lowest BCUT2D eigenvalue weighted by atomic mass is 10.1. The Balaban J connectivity index is 1.98. The molecule has 0 aliphatic heterocycles. The Labute approximate surface area is 205 Å². The zero-order chi connectivity index (χ0) is 24.7. The molecule has 1 atom stereocenters. The van der Waals surface area contributed by atoms with E-state index >= 15 is 0 Å². The van der Waals surface area contributed by atoms with Crippen molar-refractivity contribution in [3.63, 3.8) is 0 Å². The van der Waals surface area contributed by atoms with Crippen LogP contribution in [0.4, 0.5) is 0 Å². The SMILES string of the molecule is CC[C@@H](Sc1nc2ccccc2c(=O)n1CCc1ccc(OC)c(OC)c1)C(=O)N(CC)CC. The highest BCUT2D eigenvalue weighted by Crippen LogP contribution is 2.29. The Hall–Kier alpha value is -3.00. The fourth-order valence-electron chi connectivity index (χ4n) is 3.89. The van der Waals surface area contributed by atoms with Gasteiger partial charge in [-0.1, -0.05) is 36.9 Å². The van der Waals surface area contributed by atoms with E-state index in [-0.39, 0.29) is 16.7 Å². The van der Waals surface area contributed by atoms with E-state index in [2.05, 4.69) is 0 Å². The number of fused-ring (bicyclic) bond motifs is 1. The first kappa shape index (κ1) is 25.6. The third-order valence-corrected chi connectivity index (χ3v) is 7.21. The number of amides is 1. The predicted molar refractivity (Wildman–Crippen MR) is 137 cm³/mol. The minimum absolute atomic E-state index is 0.0753. The van der Waals surface area contributed by atoms with E-state index < -0.39 is 0 Å². The average Bonchev–Trinajstić information content (AvgIpc) is 2.87. The molecular formula is C26H33N3O4S. The highest BCUT2D eigenvalue weighted by molar-refractivity contribution is 8.00. The van der Waals surface area contributed by atoms with Crippen molar-refractivity contribution >= 4 is 28.6 Å². The van der Waals surface area contributed by atoms with Crippen LogP contribution in [0.5, 0.6) is 11.5 Å². The molecule has 0 N–H and O–H groups in total. The van der Waals surface area contributed by atoms with Gasteiger partial charge >= 0.3 is 0 Å². The summed E-state index contributed by atoms with van der Waals surface area (Å²) in [6, 6.07) is 13.1. The molecule has 8 heteroatoms. The van der Waals surface area contributed by atoms with E-state index in [1.165, 1.54) is 11.8 Å². The molecule has 0 saturated carbocycles. The summed E-state index contributed by atoms with van der Waals surface area (Å²) < 4.78 is 12.4. The van der Waals surface area contributed by atoms with Crippen molar-refractivity contribution in [3.05, 3.63) is 58.4 Å². The molecule has 0 bridgehead atoms. The first-order valence-corrected chi connectivity index (χ1v) is 12.5. The zero-order valence-corrected chi connectivity index (χ0v) is 21.4. The minimum atomic E-state index is -0.305. The molecule has 2 aromatic carbocycles. The second-order valence-corrected chi connectivity index (χ2v) is 9.00. The van der Waals surface area contributed by atoms with Crippen LogP contribution in [-0.2, 0) is 17.8 Å². The molecule has 0 radical (unpaired) electrons. The van der Waals surface area contributed by atoms with Crippen LogP contribution in [-0.4, -0.2) is 52.9 Å². The minimum Gasteiger partial charge on any atom is -0.493 e. The number of carbonyl (C=O) groups is 1. The number of aromatic nitrogens is 2. The number of para-hydroxylation sites is 1. The van der Waals surface area contributed by atoms with Gasteiger partial charge in [0.2, 0.25) is 5.91 Å². The number of rotatable bonds is 11. The third kappa shape index (κ3) is 5.55. The summed E-state index contributed by atoms with van der Waals surface area (Å²) in [4.78, 5) is 33.2. The molecule has 0 unspecified atom stereocenters. The van der Waals surface area contributed by atoms with Crippen molar-refractivity contribution in [1.82, 2.24) is 14.5 Å². The quantitative estimate of drug-likeness (QED) is 0.297. The molecule has 0 aliphatic carbocycles. The van der Waals surface area contributed by atoms with Gasteiger partial charge in [-0.05, 0) is 56.5 Å². The number of ether oxygens (including phenoxy) is 2. The molecule has 34 heavy (non-hydrogen) atoms. The fourth-order valence-corrected chi connectivity index (χ4v) is 5.01. The van der Waals surface area contributed by atoms with Gasteiger partial charge in [0, 0.05) is 19.6 Å². The van der Waals surface area contributed by atoms with Crippen LogP contribution in [0.25, 0.3) is 10.9 Å². The molecule has 0 saturated heterocycles. The Bertz CT molecular complexity index is 1190. The van der Waals surface area contributed by atoms with Crippen molar-refractivity contribution in [3.8, 4) is 11.5 Å². The zero-order valence-electron chi connectivity index (χ0n) is 20.5. The summed E-state index contributed by atoms with van der Waals surface area (Å²) in [6.45, 7) is 7.70. The predicted octanol–water partition coefficient (Wildman–Crippen LogP) is 4.40. The highest BCUT2D eigenvalue weighted by atomic mass is 32.2. The number of methoxy groups -OCH3 is 2. The maximum absolute atomic E-state index is 13.4. The largest absolute Gasteiger partial charge is 0.493 e. The second-order valence-electron chi connectivity index (χ2n) is 7.83. The molecule has 0 spiro atoms. The fraction of sp³-hybridized carbons (Fsp3) is 0.423. The van der Waals surface area contributed by atoms with Gasteiger partial charge in [0.05, 0.1) is 30.4 Å². The van der Waals surface area contributed by atoms with E-state index in [4.69, 9.17) is 14.5 Å². The Morgan fingerprint density at radius 1 is 1.06 bits per heavy atom. The molecule has 7 nitrogen and oxygen atoms in total. The van der Waals surface area contributed by atoms with Crippen LogP contribution in [0.1, 0.15) is 32.8 Å². The van der Waals surface area contributed by atoms with Crippen molar-refractivity contribution in [1.29, 1.82) is 0 Å². The van der Waals surface area contributed by atoms with Gasteiger partial charge in [-0.3, -0.25) is 14.2 Å². The molecular weight excluding hydrogens is 450 g/mol. The Kier molecular flexibility index (Phi) is 8.98. The number of carbonyl (C=O) groups excluding carboxylic acids is 1. The van der Waals surface area contributed by atoms with Crippen LogP contribution in [0, 0.1) is 0 Å². The number of aryl methyl sites for hydroxylation is 1. The van der Waals surface area contributed by atoms with E-state index in [1.807, 2.05) is 62.1 Å². The van der Waals surface area contributed by atoms with Crippen molar-refractivity contribution in [2.24, 2.45) is 0 Å². The molecule has 3 aromatic rings. The van der Waals surface area contributed by atoms with Crippen molar-refractivity contribution in [2.45, 2.75) is 50.6 Å². The van der Waals surface area contributed by atoms with Crippen LogP contribution < -0.4 is 15.0 Å². The molecule has 3 rings (SSSR count). The van der Waals surface area contributed by atoms with Crippen molar-refractivity contribution in [2.75, 3.05) is 27.3 Å². The van der Waals surface area contributed by atoms with Gasteiger partial charge in [-0.2, -0.15) is 0 Å². The summed E-state index contributed by atoms with van der Waals surface area (Å²) in [5.41, 5.74) is 1.56. The average molecular weight is 484 g/mol. The maximum Gasteiger partial charge on any atom is 0.262 e. The molecule has 1 amide bonds. The van der Waals surface area contributed by atoms with Crippen LogP contribution in [0.3, 0.4) is 0 Å². The highest BCUT2D eigenvalue weighted by Gasteiger charge is 2.25. The summed E-state index contributed by atoms with van der Waals surface area (Å²) in [6.07, 6.45) is 1.26. The molecule has 182 valence electrons. The van der Waals surface area contributed by atoms with E-state index in [9.17, 15) is 9.59 Å². The summed E-state index contributed by atoms with van der Waals surface area (Å²) in [5, 5.41) is 0.833. The number of thioether (sulfide) groups is 1. The lowest BCUT2D eigenvalue weighted by molar-refractivity contribution is -0.130. The summed E-state index contributed by atoms with van der Waals surface area (Å²) >= 11 is 1.38. The van der Waals surface area contributed by atoms with Gasteiger partial charge in [0.1, 0.15) is 0 Å². The summed E-state index contributed by atoms with van der Waals surface area (Å²) in [5.74, 6) is 1.38. The van der Waals surface area contributed by atoms with Gasteiger partial charge in [0.15, 0.2) is 16.7 Å². The molecule has 0 aliphatic rings. The summed E-state index contributed by atoms with van der Waals surface area (Å²) in [7, 11) is 3.21. The number of benzene rings is 2. The van der Waals surface area contributed by atoms with Gasteiger partial charge in [-0.15, -0.1) is 0 Å². The topological polar surface area (TPSA) is 73.7 Å². The molecule has 1 heterocycles. The Morgan fingerprint density at radius 3 is 2.41 bits per heavy atom. The molecule has 1 aromatic heterocycles. The second kappa shape index (κ2) is 11.9. The number of hydrogen-bond donors (Lipinski definition) is 0. The van der Waals surface area contributed by atoms with Gasteiger partial charge in [0.25, 0.3) is 5.56 Å². The maximum atomic E-state index is 13.4. The van der Waals surface area contributed by atoms with Crippen molar-refractivity contribution < 1.29 is 14.3 Å². The number of hydrogen-bond acceptors (Lipinski definition) is 6. The van der Waals surface area contributed by atoms with Gasteiger partial charge in [-0.25, -0.2) is 4.98 Å². The molecule has 0 fully saturated rings. The number of nitrogens with zero attached hydrogens (tertiary/aromatic N) is 3. The standard InChI is InChI=1S/C26H33N3O4S/c1-6-23(25(31)28(7-2)8-3)34-26-27-20-12-10-9-11-19(20)24(30)29(26)16-15-18-13-14-21(32-4)22(17-18)33-5/h9-14,17,23H,6-8,15-16H2,1-5H3/t23-/m1/s1. The van der Waals surface area contributed by atoms with E-state index in [0.29, 0.717) is 60.0 Å². The third-order valence-electron chi connectivity index (χ3n) is 5.87. The van der Waals surface area contributed by atoms with Crippen LogP contribution in [0.15, 0.2) is 52.4 Å².